The van der Waals surface area contributed by atoms with Crippen molar-refractivity contribution >= 4 is 23.1 Å². The van der Waals surface area contributed by atoms with Crippen LogP contribution < -0.4 is 5.32 Å². The number of carbonyl (C=O) groups is 2. The van der Waals surface area contributed by atoms with Gasteiger partial charge in [-0.15, -0.1) is 0 Å². The van der Waals surface area contributed by atoms with Crippen LogP contribution in [0.25, 0.3) is 11.0 Å². The molecule has 0 aliphatic heterocycles. The molecule has 1 heterocycles. The number of fused-ring (bicyclic) bond motifs is 1. The zero-order valence-electron chi connectivity index (χ0n) is 23.0. The molecule has 0 aliphatic rings. The summed E-state index contributed by atoms with van der Waals surface area (Å²) in [6.07, 6.45) is -1.02. The van der Waals surface area contributed by atoms with Crippen molar-refractivity contribution in [3.8, 4) is 0 Å². The highest BCUT2D eigenvalue weighted by Gasteiger charge is 2.29. The van der Waals surface area contributed by atoms with E-state index in [1.54, 1.807) is 75.4 Å². The minimum absolute atomic E-state index is 0.0506. The van der Waals surface area contributed by atoms with Gasteiger partial charge in [-0.2, -0.15) is 0 Å². The predicted octanol–water partition coefficient (Wildman–Crippen LogP) is 6.35. The lowest BCUT2D eigenvalue weighted by atomic mass is 10.1. The lowest BCUT2D eigenvalue weighted by molar-refractivity contribution is -0.147. The Morgan fingerprint density at radius 1 is 0.881 bits per heavy atom. The Labute approximate surface area is 238 Å². The first kappa shape index (κ1) is 30.5. The summed E-state index contributed by atoms with van der Waals surface area (Å²) in [6.45, 7) is 4.15. The van der Waals surface area contributed by atoms with Gasteiger partial charge in [-0.1, -0.05) is 42.5 Å². The van der Waals surface area contributed by atoms with E-state index in [1.165, 1.54) is 4.57 Å². The molecule has 1 atom stereocenters. The normalized spacial score (nSPS) is 12.3. The first-order chi connectivity index (χ1) is 19.9. The van der Waals surface area contributed by atoms with Gasteiger partial charge in [-0.3, -0.25) is 0 Å². The van der Waals surface area contributed by atoms with Crippen LogP contribution >= 0.6 is 0 Å². The van der Waals surface area contributed by atoms with Gasteiger partial charge in [0, 0.05) is 12.0 Å². The van der Waals surface area contributed by atoms with Gasteiger partial charge in [-0.05, 0) is 44.9 Å². The molecule has 0 fully saturated rings. The minimum atomic E-state index is -2.26. The van der Waals surface area contributed by atoms with Gasteiger partial charge in [0.1, 0.15) is 24.1 Å². The molecular formula is C30H28F5N3O4. The molecule has 222 valence electrons. The van der Waals surface area contributed by atoms with Crippen LogP contribution in [-0.2, 0) is 33.8 Å². The molecule has 42 heavy (non-hydrogen) atoms. The zero-order chi connectivity index (χ0) is 30.6. The minimum Gasteiger partial charge on any atom is -0.459 e. The Morgan fingerprint density at radius 3 is 2.12 bits per heavy atom. The van der Waals surface area contributed by atoms with Crippen LogP contribution in [0, 0.1) is 29.1 Å². The lowest BCUT2D eigenvalue weighted by Gasteiger charge is -2.23. The van der Waals surface area contributed by atoms with E-state index in [1.807, 2.05) is 0 Å². The summed E-state index contributed by atoms with van der Waals surface area (Å²) in [5.41, 5.74) is -0.433. The smallest absolute Gasteiger partial charge is 0.408 e. The van der Waals surface area contributed by atoms with Crippen molar-refractivity contribution in [1.82, 2.24) is 14.9 Å². The quantitative estimate of drug-likeness (QED) is 0.107. The number of hydrogen-bond acceptors (Lipinski definition) is 5. The molecule has 0 spiro atoms. The van der Waals surface area contributed by atoms with E-state index in [9.17, 15) is 31.5 Å². The summed E-state index contributed by atoms with van der Waals surface area (Å²) in [4.78, 5) is 30.0. The fourth-order valence-corrected chi connectivity index (χ4v) is 4.24. The number of benzene rings is 3. The standard InChI is InChI=1S/C30H28F5N3O4/c1-30(2,3)42-29(40)37-20(28(39)41-16-17-9-5-4-6-10-17)13-14-22-36-19-11-7-8-12-21(19)38(22)15-18-23(31)25(33)27(35)26(34)24(18)32/h4-12,20H,13-16H2,1-3H3,(H,37,40)/t20-/m0/s1. The molecule has 0 radical (unpaired) electrons. The van der Waals surface area contributed by atoms with Crippen LogP contribution in [0.2, 0.25) is 0 Å². The number of halogens is 5. The molecule has 4 aromatic rings. The Balaban J connectivity index is 1.62. The van der Waals surface area contributed by atoms with Crippen LogP contribution in [0.5, 0.6) is 0 Å². The molecule has 1 aromatic heterocycles. The van der Waals surface area contributed by atoms with Gasteiger partial charge >= 0.3 is 12.1 Å². The van der Waals surface area contributed by atoms with Crippen molar-refractivity contribution in [2.24, 2.45) is 0 Å². The summed E-state index contributed by atoms with van der Waals surface area (Å²) >= 11 is 0. The lowest BCUT2D eigenvalue weighted by Crippen LogP contribution is -2.44. The Bertz CT molecular complexity index is 1570. The highest BCUT2D eigenvalue weighted by Crippen LogP contribution is 2.26. The number of para-hydroxylation sites is 2. The van der Waals surface area contributed by atoms with Crippen LogP contribution in [0.15, 0.2) is 54.6 Å². The number of rotatable bonds is 9. The van der Waals surface area contributed by atoms with Crippen molar-refractivity contribution < 1.29 is 41.0 Å². The number of alkyl carbamates (subject to hydrolysis) is 1. The topological polar surface area (TPSA) is 82.5 Å². The monoisotopic (exact) mass is 589 g/mol. The van der Waals surface area contributed by atoms with Crippen LogP contribution in [0.3, 0.4) is 0 Å². The van der Waals surface area contributed by atoms with E-state index < -0.39 is 64.9 Å². The molecule has 1 N–H and O–H groups in total. The molecule has 3 aromatic carbocycles. The summed E-state index contributed by atoms with van der Waals surface area (Å²) < 4.78 is 82.6. The van der Waals surface area contributed by atoms with Gasteiger partial charge in [0.05, 0.1) is 17.6 Å². The largest absolute Gasteiger partial charge is 0.459 e. The fraction of sp³-hybridized carbons (Fsp3) is 0.300. The second-order valence-electron chi connectivity index (χ2n) is 10.5. The molecular weight excluding hydrogens is 561 g/mol. The number of nitrogens with zero attached hydrogens (tertiary/aromatic N) is 2. The molecule has 12 heteroatoms. The summed E-state index contributed by atoms with van der Waals surface area (Å²) in [5.74, 6) is -10.9. The van der Waals surface area contributed by atoms with Crippen molar-refractivity contribution in [3.05, 3.63) is 101 Å². The average molecular weight is 590 g/mol. The number of imidazole rings is 1. The first-order valence-corrected chi connectivity index (χ1v) is 13.0. The molecule has 0 unspecified atom stereocenters. The number of aryl methyl sites for hydroxylation is 1. The maximum atomic E-state index is 14.6. The number of hydrogen-bond donors (Lipinski definition) is 1. The summed E-state index contributed by atoms with van der Waals surface area (Å²) in [7, 11) is 0. The van der Waals surface area contributed by atoms with Crippen LogP contribution in [0.1, 0.15) is 44.1 Å². The van der Waals surface area contributed by atoms with Gasteiger partial charge in [0.25, 0.3) is 0 Å². The molecule has 7 nitrogen and oxygen atoms in total. The molecule has 0 aliphatic carbocycles. The number of carbonyl (C=O) groups excluding carboxylic acids is 2. The van der Waals surface area contributed by atoms with E-state index >= 15 is 0 Å². The van der Waals surface area contributed by atoms with E-state index in [0.29, 0.717) is 16.6 Å². The maximum absolute atomic E-state index is 14.6. The number of aromatic nitrogens is 2. The molecule has 0 saturated heterocycles. The van der Waals surface area contributed by atoms with Gasteiger partial charge in [-0.25, -0.2) is 36.5 Å². The Hall–Kier alpha value is -4.48. The number of amides is 1. The third-order valence-electron chi connectivity index (χ3n) is 6.21. The highest BCUT2D eigenvalue weighted by molar-refractivity contribution is 5.81. The number of nitrogens with one attached hydrogen (secondary N) is 1. The molecule has 0 bridgehead atoms. The highest BCUT2D eigenvalue weighted by atomic mass is 19.2. The molecule has 0 saturated carbocycles. The Kier molecular flexibility index (Phi) is 9.13. The second kappa shape index (κ2) is 12.6. The van der Waals surface area contributed by atoms with Crippen molar-refractivity contribution in [1.29, 1.82) is 0 Å². The summed E-state index contributed by atoms with van der Waals surface area (Å²) in [5, 5.41) is 2.49. The second-order valence-corrected chi connectivity index (χ2v) is 10.5. The third-order valence-corrected chi connectivity index (χ3v) is 6.21. The molecule has 4 rings (SSSR count). The first-order valence-electron chi connectivity index (χ1n) is 13.0. The number of esters is 1. The van der Waals surface area contributed by atoms with Crippen molar-refractivity contribution in [2.75, 3.05) is 0 Å². The maximum Gasteiger partial charge on any atom is 0.408 e. The van der Waals surface area contributed by atoms with Gasteiger partial charge in [0.2, 0.25) is 5.82 Å². The van der Waals surface area contributed by atoms with E-state index in [-0.39, 0.29) is 25.3 Å². The summed E-state index contributed by atoms with van der Waals surface area (Å²) in [6, 6.07) is 14.1. The zero-order valence-corrected chi connectivity index (χ0v) is 23.0. The van der Waals surface area contributed by atoms with E-state index in [4.69, 9.17) is 9.47 Å². The van der Waals surface area contributed by atoms with Crippen molar-refractivity contribution in [3.63, 3.8) is 0 Å². The van der Waals surface area contributed by atoms with Crippen LogP contribution in [0.4, 0.5) is 26.7 Å². The average Bonchev–Trinajstić information content (AvgIpc) is 3.30. The SMILES string of the molecule is CC(C)(C)OC(=O)N[C@@H](CCc1nc2ccccc2n1Cc1c(F)c(F)c(F)c(F)c1F)C(=O)OCc1ccccc1. The van der Waals surface area contributed by atoms with Crippen molar-refractivity contribution in [2.45, 2.75) is 58.4 Å². The van der Waals surface area contributed by atoms with E-state index in [2.05, 4.69) is 10.3 Å². The van der Waals surface area contributed by atoms with E-state index in [0.717, 1.165) is 0 Å². The number of ether oxygens (including phenoxy) is 2. The molecule has 1 amide bonds. The Morgan fingerprint density at radius 2 is 1.48 bits per heavy atom. The van der Waals surface area contributed by atoms with Gasteiger partial charge in [0.15, 0.2) is 23.3 Å². The third kappa shape index (κ3) is 7.04. The van der Waals surface area contributed by atoms with Gasteiger partial charge < -0.3 is 19.4 Å². The predicted molar refractivity (Wildman–Crippen MR) is 143 cm³/mol. The van der Waals surface area contributed by atoms with Crippen LogP contribution in [-0.4, -0.2) is 33.3 Å². The fourth-order valence-electron chi connectivity index (χ4n) is 4.24.